The lowest BCUT2D eigenvalue weighted by Gasteiger charge is -2.05. The van der Waals surface area contributed by atoms with Crippen molar-refractivity contribution < 1.29 is 9.18 Å². The van der Waals surface area contributed by atoms with Crippen molar-refractivity contribution in [3.8, 4) is 6.07 Å². The first kappa shape index (κ1) is 14.5. The Kier molecular flexibility index (Phi) is 3.89. The predicted molar refractivity (Wildman–Crippen MR) is 86.9 cm³/mol. The first-order valence-corrected chi connectivity index (χ1v) is 6.93. The fraction of sp³-hybridized carbons (Fsp3) is 0. The van der Waals surface area contributed by atoms with E-state index < -0.39 is 11.7 Å². The normalized spacial score (nSPS) is 11.2. The van der Waals surface area contributed by atoms with Crippen LogP contribution in [0.1, 0.15) is 5.56 Å². The van der Waals surface area contributed by atoms with Gasteiger partial charge in [0, 0.05) is 22.7 Å². The van der Waals surface area contributed by atoms with Gasteiger partial charge in [-0.15, -0.1) is 0 Å². The quantitative estimate of drug-likeness (QED) is 0.570. The summed E-state index contributed by atoms with van der Waals surface area (Å²) in [4.78, 5) is 15.2. The van der Waals surface area contributed by atoms with E-state index >= 15 is 0 Å². The zero-order valence-corrected chi connectivity index (χ0v) is 12.0. The van der Waals surface area contributed by atoms with Gasteiger partial charge in [0.1, 0.15) is 17.5 Å². The molecule has 5 heteroatoms. The minimum atomic E-state index is -0.650. The molecule has 4 nitrogen and oxygen atoms in total. The summed E-state index contributed by atoms with van der Waals surface area (Å²) in [5.41, 5.74) is 1.57. The molecule has 2 aromatic carbocycles. The van der Waals surface area contributed by atoms with E-state index in [1.165, 1.54) is 24.3 Å². The number of H-pyrrole nitrogens is 1. The number of nitrogens with one attached hydrogen (secondary N) is 2. The second kappa shape index (κ2) is 6.16. The maximum absolute atomic E-state index is 13.6. The van der Waals surface area contributed by atoms with Gasteiger partial charge in [-0.1, -0.05) is 30.3 Å². The molecule has 0 bridgehead atoms. The molecule has 0 aliphatic carbocycles. The van der Waals surface area contributed by atoms with Crippen LogP contribution < -0.4 is 5.32 Å². The molecule has 0 aliphatic heterocycles. The lowest BCUT2D eigenvalue weighted by molar-refractivity contribution is -0.112. The van der Waals surface area contributed by atoms with Crippen molar-refractivity contribution in [2.75, 3.05) is 5.32 Å². The summed E-state index contributed by atoms with van der Waals surface area (Å²) in [7, 11) is 0. The molecule has 0 fully saturated rings. The largest absolute Gasteiger partial charge is 0.361 e. The van der Waals surface area contributed by atoms with E-state index in [9.17, 15) is 14.4 Å². The van der Waals surface area contributed by atoms with Gasteiger partial charge in [-0.2, -0.15) is 5.26 Å². The molecule has 23 heavy (non-hydrogen) atoms. The van der Waals surface area contributed by atoms with Crippen LogP contribution in [0.2, 0.25) is 0 Å². The Hall–Kier alpha value is -3.39. The maximum Gasteiger partial charge on any atom is 0.266 e. The number of aromatic amines is 1. The number of rotatable bonds is 3. The Morgan fingerprint density at radius 2 is 1.91 bits per heavy atom. The minimum Gasteiger partial charge on any atom is -0.361 e. The molecule has 0 saturated heterocycles. The molecule has 0 radical (unpaired) electrons. The van der Waals surface area contributed by atoms with Crippen LogP contribution in [-0.2, 0) is 4.79 Å². The number of para-hydroxylation sites is 2. The van der Waals surface area contributed by atoms with Crippen LogP contribution in [0.25, 0.3) is 17.0 Å². The number of nitrogens with zero attached hydrogens (tertiary/aromatic N) is 1. The fourth-order valence-electron chi connectivity index (χ4n) is 2.27. The Morgan fingerprint density at radius 1 is 1.17 bits per heavy atom. The first-order valence-electron chi connectivity index (χ1n) is 6.93. The Balaban J connectivity index is 1.92. The molecule has 1 heterocycles. The predicted octanol–water partition coefficient (Wildman–Crippen LogP) is 3.85. The number of anilines is 1. The molecule has 112 valence electrons. The van der Waals surface area contributed by atoms with Gasteiger partial charge < -0.3 is 10.3 Å². The average Bonchev–Trinajstić information content (AvgIpc) is 2.97. The molecule has 0 saturated carbocycles. The molecule has 0 unspecified atom stereocenters. The summed E-state index contributed by atoms with van der Waals surface area (Å²) in [6.07, 6.45) is 3.20. The van der Waals surface area contributed by atoms with Gasteiger partial charge in [-0.05, 0) is 24.3 Å². The number of hydrogen-bond acceptors (Lipinski definition) is 2. The number of aromatic nitrogens is 1. The third kappa shape index (κ3) is 2.97. The standard InChI is InChI=1S/C18H12FN3O/c19-15-6-2-4-8-17(15)22-18(23)12(10-20)9-13-11-21-16-7-3-1-5-14(13)16/h1-9,11,21H,(H,22,23). The molecule has 0 aliphatic rings. The summed E-state index contributed by atoms with van der Waals surface area (Å²) in [6, 6.07) is 15.2. The molecule has 1 amide bonds. The molecular formula is C18H12FN3O. The van der Waals surface area contributed by atoms with Crippen LogP contribution in [0.15, 0.2) is 60.3 Å². The van der Waals surface area contributed by atoms with Crippen molar-refractivity contribution in [2.24, 2.45) is 0 Å². The average molecular weight is 305 g/mol. The van der Waals surface area contributed by atoms with Crippen molar-refractivity contribution >= 4 is 28.6 Å². The number of hydrogen-bond donors (Lipinski definition) is 2. The highest BCUT2D eigenvalue weighted by atomic mass is 19.1. The number of halogens is 1. The number of carbonyl (C=O) groups is 1. The third-order valence-electron chi connectivity index (χ3n) is 3.41. The van der Waals surface area contributed by atoms with Gasteiger partial charge in [0.05, 0.1) is 5.69 Å². The molecular weight excluding hydrogens is 293 g/mol. The van der Waals surface area contributed by atoms with E-state index in [2.05, 4.69) is 10.3 Å². The molecule has 1 aromatic heterocycles. The van der Waals surface area contributed by atoms with Crippen molar-refractivity contribution in [2.45, 2.75) is 0 Å². The van der Waals surface area contributed by atoms with E-state index in [0.717, 1.165) is 16.5 Å². The topological polar surface area (TPSA) is 68.7 Å². The Labute approximate surface area is 131 Å². The first-order chi connectivity index (χ1) is 11.2. The summed E-state index contributed by atoms with van der Waals surface area (Å²) in [5, 5.41) is 12.5. The Morgan fingerprint density at radius 3 is 2.70 bits per heavy atom. The van der Waals surface area contributed by atoms with E-state index in [1.54, 1.807) is 12.3 Å². The molecule has 0 spiro atoms. The summed E-state index contributed by atoms with van der Waals surface area (Å²) >= 11 is 0. The number of nitriles is 1. The zero-order chi connectivity index (χ0) is 16.2. The van der Waals surface area contributed by atoms with E-state index in [1.807, 2.05) is 30.3 Å². The van der Waals surface area contributed by atoms with Crippen LogP contribution in [0.3, 0.4) is 0 Å². The van der Waals surface area contributed by atoms with E-state index in [-0.39, 0.29) is 11.3 Å². The highest BCUT2D eigenvalue weighted by molar-refractivity contribution is 6.10. The second-order valence-corrected chi connectivity index (χ2v) is 4.89. The lowest BCUT2D eigenvalue weighted by Crippen LogP contribution is -2.14. The Bertz CT molecular complexity index is 950. The minimum absolute atomic E-state index is 0.0394. The fourth-order valence-corrected chi connectivity index (χ4v) is 2.27. The van der Waals surface area contributed by atoms with Crippen molar-refractivity contribution in [1.82, 2.24) is 4.98 Å². The number of amides is 1. The van der Waals surface area contributed by atoms with Crippen molar-refractivity contribution in [1.29, 1.82) is 5.26 Å². The van der Waals surface area contributed by atoms with Crippen LogP contribution in [0.4, 0.5) is 10.1 Å². The van der Waals surface area contributed by atoms with Crippen molar-refractivity contribution in [3.05, 3.63) is 71.7 Å². The summed E-state index contributed by atoms with van der Waals surface area (Å²) in [5.74, 6) is -1.20. The zero-order valence-electron chi connectivity index (χ0n) is 12.0. The van der Waals surface area contributed by atoms with Gasteiger partial charge >= 0.3 is 0 Å². The highest BCUT2D eigenvalue weighted by Gasteiger charge is 2.12. The molecule has 0 atom stereocenters. The number of benzene rings is 2. The SMILES string of the molecule is N#CC(=Cc1c[nH]c2ccccc12)C(=O)Nc1ccccc1F. The summed E-state index contributed by atoms with van der Waals surface area (Å²) in [6.45, 7) is 0. The lowest BCUT2D eigenvalue weighted by atomic mass is 10.1. The number of fused-ring (bicyclic) bond motifs is 1. The van der Waals surface area contributed by atoms with Gasteiger partial charge in [-0.3, -0.25) is 4.79 Å². The maximum atomic E-state index is 13.6. The van der Waals surface area contributed by atoms with E-state index in [4.69, 9.17) is 0 Å². The second-order valence-electron chi connectivity index (χ2n) is 4.89. The van der Waals surface area contributed by atoms with Gasteiger partial charge in [-0.25, -0.2) is 4.39 Å². The van der Waals surface area contributed by atoms with Crippen LogP contribution in [-0.4, -0.2) is 10.9 Å². The third-order valence-corrected chi connectivity index (χ3v) is 3.41. The van der Waals surface area contributed by atoms with Crippen LogP contribution in [0.5, 0.6) is 0 Å². The monoisotopic (exact) mass is 305 g/mol. The molecule has 2 N–H and O–H groups in total. The van der Waals surface area contributed by atoms with Crippen LogP contribution in [0, 0.1) is 17.1 Å². The molecule has 3 rings (SSSR count). The summed E-state index contributed by atoms with van der Waals surface area (Å²) < 4.78 is 13.6. The highest BCUT2D eigenvalue weighted by Crippen LogP contribution is 2.21. The van der Waals surface area contributed by atoms with Gasteiger partial charge in [0.25, 0.3) is 5.91 Å². The van der Waals surface area contributed by atoms with E-state index in [0.29, 0.717) is 0 Å². The van der Waals surface area contributed by atoms with Gasteiger partial charge in [0.15, 0.2) is 0 Å². The van der Waals surface area contributed by atoms with Crippen LogP contribution >= 0.6 is 0 Å². The number of carbonyl (C=O) groups excluding carboxylic acids is 1. The molecule has 3 aromatic rings. The van der Waals surface area contributed by atoms with Gasteiger partial charge in [0.2, 0.25) is 0 Å². The van der Waals surface area contributed by atoms with Crippen molar-refractivity contribution in [3.63, 3.8) is 0 Å². The smallest absolute Gasteiger partial charge is 0.266 e.